The molecule has 122 valence electrons. The number of ether oxygens (including phenoxy) is 1. The fourth-order valence-electron chi connectivity index (χ4n) is 3.12. The Morgan fingerprint density at radius 3 is 3.27 bits per heavy atom. The Kier molecular flexibility index (Phi) is 5.70. The number of rotatable bonds is 5. The van der Waals surface area contributed by atoms with Gasteiger partial charge < -0.3 is 15.4 Å². The van der Waals surface area contributed by atoms with Crippen molar-refractivity contribution in [1.29, 1.82) is 0 Å². The van der Waals surface area contributed by atoms with Gasteiger partial charge in [0.25, 0.3) is 0 Å². The number of thiophene rings is 1. The van der Waals surface area contributed by atoms with Crippen LogP contribution in [0.5, 0.6) is 0 Å². The Morgan fingerprint density at radius 2 is 2.45 bits per heavy atom. The number of nitrogens with one attached hydrogen (secondary N) is 2. The van der Waals surface area contributed by atoms with Crippen LogP contribution in [0.2, 0.25) is 0 Å². The summed E-state index contributed by atoms with van der Waals surface area (Å²) in [5, 5.41) is 8.82. The molecule has 2 N–H and O–H groups in total. The van der Waals surface area contributed by atoms with Crippen LogP contribution in [0, 0.1) is 0 Å². The van der Waals surface area contributed by atoms with Crippen LogP contribution < -0.4 is 10.6 Å². The van der Waals surface area contributed by atoms with Crippen molar-refractivity contribution in [2.24, 2.45) is 4.99 Å². The predicted octanol–water partition coefficient (Wildman–Crippen LogP) is 1.67. The standard InChI is InChI=1S/C16H26N4OS/c1-2-17-16(19-10-15-6-4-8-22-15)18-9-14-11-20-7-3-5-13(20)12-21-14/h4,6,8,13-14H,2-3,5,7,9-12H2,1H3,(H2,17,18,19). The third kappa shape index (κ3) is 4.21. The van der Waals surface area contributed by atoms with E-state index in [0.717, 1.165) is 38.7 Å². The second-order valence-electron chi connectivity index (χ2n) is 5.90. The maximum Gasteiger partial charge on any atom is 0.191 e. The number of hydrogen-bond acceptors (Lipinski definition) is 4. The van der Waals surface area contributed by atoms with Crippen LogP contribution in [0.3, 0.4) is 0 Å². The molecular weight excluding hydrogens is 296 g/mol. The number of hydrogen-bond donors (Lipinski definition) is 2. The first-order valence-corrected chi connectivity index (χ1v) is 9.13. The quantitative estimate of drug-likeness (QED) is 0.639. The van der Waals surface area contributed by atoms with Crippen molar-refractivity contribution >= 4 is 17.3 Å². The van der Waals surface area contributed by atoms with Gasteiger partial charge in [-0.3, -0.25) is 4.90 Å². The van der Waals surface area contributed by atoms with E-state index in [1.165, 1.54) is 24.3 Å². The lowest BCUT2D eigenvalue weighted by Crippen LogP contribution is -2.51. The summed E-state index contributed by atoms with van der Waals surface area (Å²) >= 11 is 1.75. The predicted molar refractivity (Wildman–Crippen MR) is 91.5 cm³/mol. The van der Waals surface area contributed by atoms with Crippen molar-refractivity contribution in [3.05, 3.63) is 22.4 Å². The number of guanidine groups is 1. The minimum atomic E-state index is 0.264. The largest absolute Gasteiger partial charge is 0.373 e. The first-order chi connectivity index (χ1) is 10.8. The van der Waals surface area contributed by atoms with Crippen LogP contribution >= 0.6 is 11.3 Å². The molecule has 0 bridgehead atoms. The molecule has 3 heterocycles. The number of aliphatic imine (C=N–C) groups is 1. The minimum absolute atomic E-state index is 0.264. The van der Waals surface area contributed by atoms with Gasteiger partial charge in [-0.25, -0.2) is 4.99 Å². The Bertz CT molecular complexity index is 477. The Morgan fingerprint density at radius 1 is 1.50 bits per heavy atom. The summed E-state index contributed by atoms with van der Waals surface area (Å²) in [6.45, 7) is 7.67. The van der Waals surface area contributed by atoms with E-state index < -0.39 is 0 Å². The zero-order valence-corrected chi connectivity index (χ0v) is 14.1. The number of fused-ring (bicyclic) bond motifs is 1. The molecule has 0 aliphatic carbocycles. The van der Waals surface area contributed by atoms with Crippen molar-refractivity contribution in [2.45, 2.75) is 38.5 Å². The van der Waals surface area contributed by atoms with Gasteiger partial charge in [-0.05, 0) is 37.8 Å². The first kappa shape index (κ1) is 15.8. The van der Waals surface area contributed by atoms with E-state index in [1.54, 1.807) is 11.3 Å². The fourth-order valence-corrected chi connectivity index (χ4v) is 3.75. The third-order valence-corrected chi connectivity index (χ3v) is 5.14. The van der Waals surface area contributed by atoms with Gasteiger partial charge in [0.2, 0.25) is 0 Å². The van der Waals surface area contributed by atoms with Gasteiger partial charge >= 0.3 is 0 Å². The highest BCUT2D eigenvalue weighted by Gasteiger charge is 2.32. The third-order valence-electron chi connectivity index (χ3n) is 4.28. The molecule has 1 aromatic rings. The molecule has 2 saturated heterocycles. The summed E-state index contributed by atoms with van der Waals surface area (Å²) < 4.78 is 5.99. The highest BCUT2D eigenvalue weighted by molar-refractivity contribution is 7.09. The van der Waals surface area contributed by atoms with Crippen LogP contribution in [0.1, 0.15) is 24.6 Å². The highest BCUT2D eigenvalue weighted by Crippen LogP contribution is 2.22. The molecule has 0 aromatic carbocycles. The molecule has 3 rings (SSSR count). The summed E-state index contributed by atoms with van der Waals surface area (Å²) in [7, 11) is 0. The lowest BCUT2D eigenvalue weighted by atomic mass is 10.2. The summed E-state index contributed by atoms with van der Waals surface area (Å²) in [6, 6.07) is 4.85. The molecular formula is C16H26N4OS. The summed E-state index contributed by atoms with van der Waals surface area (Å²) in [5.41, 5.74) is 0. The van der Waals surface area contributed by atoms with E-state index in [9.17, 15) is 0 Å². The molecule has 5 nitrogen and oxygen atoms in total. The second-order valence-corrected chi connectivity index (χ2v) is 6.93. The van der Waals surface area contributed by atoms with Crippen molar-refractivity contribution in [2.75, 3.05) is 32.8 Å². The van der Waals surface area contributed by atoms with E-state index in [2.05, 4.69) is 45.0 Å². The minimum Gasteiger partial charge on any atom is -0.373 e. The normalized spacial score (nSPS) is 26.0. The Hall–Kier alpha value is -1.11. The summed E-state index contributed by atoms with van der Waals surface area (Å²) in [5.74, 6) is 0.878. The van der Waals surface area contributed by atoms with E-state index in [4.69, 9.17) is 4.74 Å². The molecule has 2 atom stereocenters. The van der Waals surface area contributed by atoms with Crippen molar-refractivity contribution in [3.8, 4) is 0 Å². The van der Waals surface area contributed by atoms with Crippen LogP contribution in [0.4, 0.5) is 0 Å². The molecule has 2 aliphatic rings. The zero-order valence-electron chi connectivity index (χ0n) is 13.3. The van der Waals surface area contributed by atoms with Gasteiger partial charge in [0, 0.05) is 30.6 Å². The highest BCUT2D eigenvalue weighted by atomic mass is 32.1. The molecule has 0 saturated carbocycles. The molecule has 22 heavy (non-hydrogen) atoms. The van der Waals surface area contributed by atoms with E-state index in [-0.39, 0.29) is 6.10 Å². The van der Waals surface area contributed by atoms with Crippen molar-refractivity contribution in [1.82, 2.24) is 15.5 Å². The van der Waals surface area contributed by atoms with E-state index >= 15 is 0 Å². The lowest BCUT2D eigenvalue weighted by Gasteiger charge is -2.35. The topological polar surface area (TPSA) is 48.9 Å². The van der Waals surface area contributed by atoms with E-state index in [1.807, 2.05) is 0 Å². The van der Waals surface area contributed by atoms with Gasteiger partial charge in [0.15, 0.2) is 5.96 Å². The van der Waals surface area contributed by atoms with Crippen molar-refractivity contribution in [3.63, 3.8) is 0 Å². The summed E-state index contributed by atoms with van der Waals surface area (Å²) in [4.78, 5) is 8.50. The molecule has 2 unspecified atom stereocenters. The van der Waals surface area contributed by atoms with Gasteiger partial charge in [0.1, 0.15) is 0 Å². The van der Waals surface area contributed by atoms with E-state index in [0.29, 0.717) is 6.04 Å². The Labute approximate surface area is 136 Å². The fraction of sp³-hybridized carbons (Fsp3) is 0.688. The molecule has 1 aromatic heterocycles. The maximum absolute atomic E-state index is 5.99. The summed E-state index contributed by atoms with van der Waals surface area (Å²) in [6.07, 6.45) is 2.88. The average Bonchev–Trinajstić information content (AvgIpc) is 3.20. The molecule has 2 aliphatic heterocycles. The van der Waals surface area contributed by atoms with Gasteiger partial charge in [-0.15, -0.1) is 11.3 Å². The molecule has 0 amide bonds. The zero-order chi connectivity index (χ0) is 15.2. The maximum atomic E-state index is 5.99. The molecule has 2 fully saturated rings. The van der Waals surface area contributed by atoms with Crippen LogP contribution in [0.15, 0.2) is 22.5 Å². The van der Waals surface area contributed by atoms with Gasteiger partial charge in [-0.1, -0.05) is 6.07 Å². The van der Waals surface area contributed by atoms with Gasteiger partial charge in [0.05, 0.1) is 19.3 Å². The van der Waals surface area contributed by atoms with Crippen LogP contribution in [0.25, 0.3) is 0 Å². The lowest BCUT2D eigenvalue weighted by molar-refractivity contribution is -0.0453. The molecule has 0 spiro atoms. The SMILES string of the molecule is CCNC(=NCc1cccs1)NCC1CN2CCCC2CO1. The first-order valence-electron chi connectivity index (χ1n) is 8.25. The smallest absolute Gasteiger partial charge is 0.191 e. The molecule has 0 radical (unpaired) electrons. The van der Waals surface area contributed by atoms with Crippen LogP contribution in [-0.2, 0) is 11.3 Å². The van der Waals surface area contributed by atoms with Crippen molar-refractivity contribution < 1.29 is 4.74 Å². The van der Waals surface area contributed by atoms with Crippen LogP contribution in [-0.4, -0.2) is 55.8 Å². The second kappa shape index (κ2) is 7.94. The monoisotopic (exact) mass is 322 g/mol. The Balaban J connectivity index is 1.47. The molecule has 6 heteroatoms. The number of nitrogens with zero attached hydrogens (tertiary/aromatic N) is 2. The average molecular weight is 322 g/mol. The number of morpholine rings is 1. The van der Waals surface area contributed by atoms with Gasteiger partial charge in [-0.2, -0.15) is 0 Å².